The molecule has 0 fully saturated rings. The number of rotatable bonds is 7. The van der Waals surface area contributed by atoms with E-state index in [4.69, 9.17) is 4.74 Å². The van der Waals surface area contributed by atoms with Gasteiger partial charge in [-0.25, -0.2) is 0 Å². The predicted octanol–water partition coefficient (Wildman–Crippen LogP) is 4.02. The second-order valence-electron chi connectivity index (χ2n) is 4.54. The van der Waals surface area contributed by atoms with Crippen LogP contribution in [0.3, 0.4) is 0 Å². The van der Waals surface area contributed by atoms with Gasteiger partial charge >= 0.3 is 0 Å². The number of benzene rings is 2. The fraction of sp³-hybridized carbons (Fsp3) is 0.250. The third-order valence-electron chi connectivity index (χ3n) is 2.85. The van der Waals surface area contributed by atoms with Crippen LogP contribution in [0, 0.1) is 0 Å². The third kappa shape index (κ3) is 5.61. The molecular weight excluding hydrogens is 350 g/mol. The highest BCUT2D eigenvalue weighted by Crippen LogP contribution is 2.19. The Labute approximate surface area is 137 Å². The molecule has 0 aromatic heterocycles. The van der Waals surface area contributed by atoms with Gasteiger partial charge in [0.25, 0.3) is 0 Å². The molecule has 0 saturated carbocycles. The van der Waals surface area contributed by atoms with Crippen LogP contribution in [-0.4, -0.2) is 30.6 Å². The molecule has 0 bridgehead atoms. The molecule has 2 N–H and O–H groups in total. The first-order chi connectivity index (χ1) is 10.2. The lowest BCUT2D eigenvalue weighted by Gasteiger charge is -2.14. The zero-order chi connectivity index (χ0) is 15.1. The van der Waals surface area contributed by atoms with Crippen molar-refractivity contribution in [2.75, 3.05) is 24.7 Å². The first kappa shape index (κ1) is 16.2. The smallest absolute Gasteiger partial charge is 0.120 e. The fourth-order valence-corrected chi connectivity index (χ4v) is 2.61. The van der Waals surface area contributed by atoms with Crippen LogP contribution in [0.2, 0.25) is 0 Å². The minimum absolute atomic E-state index is 0.256. The van der Waals surface area contributed by atoms with Crippen LogP contribution in [0.4, 0.5) is 5.69 Å². The van der Waals surface area contributed by atoms with E-state index in [1.54, 1.807) is 11.8 Å². The van der Waals surface area contributed by atoms with Crippen molar-refractivity contribution in [2.24, 2.45) is 0 Å². The number of hydrogen-bond acceptors (Lipinski definition) is 4. The van der Waals surface area contributed by atoms with Gasteiger partial charge in [-0.05, 0) is 42.7 Å². The molecule has 21 heavy (non-hydrogen) atoms. The molecule has 3 nitrogen and oxygen atoms in total. The Morgan fingerprint density at radius 1 is 1.24 bits per heavy atom. The van der Waals surface area contributed by atoms with E-state index >= 15 is 0 Å². The summed E-state index contributed by atoms with van der Waals surface area (Å²) in [6.45, 7) is 0.706. The number of anilines is 1. The van der Waals surface area contributed by atoms with E-state index < -0.39 is 6.10 Å². The monoisotopic (exact) mass is 367 g/mol. The quantitative estimate of drug-likeness (QED) is 0.725. The molecule has 2 aromatic carbocycles. The van der Waals surface area contributed by atoms with Gasteiger partial charge in [0.1, 0.15) is 18.5 Å². The van der Waals surface area contributed by atoms with Crippen LogP contribution in [0.25, 0.3) is 0 Å². The molecule has 0 aliphatic heterocycles. The van der Waals surface area contributed by atoms with Crippen molar-refractivity contribution < 1.29 is 9.84 Å². The first-order valence-electron chi connectivity index (χ1n) is 6.62. The van der Waals surface area contributed by atoms with Crippen molar-refractivity contribution in [1.29, 1.82) is 0 Å². The standard InChI is InChI=1S/C16H18BrNO2S/c1-21-16-7-3-5-13(9-16)18-10-14(19)11-20-15-6-2-4-12(17)8-15/h2-9,14,18-19H,10-11H2,1H3. The normalized spacial score (nSPS) is 12.0. The maximum atomic E-state index is 9.96. The molecule has 5 heteroatoms. The number of ether oxygens (including phenoxy) is 1. The Balaban J connectivity index is 1.78. The number of halogens is 1. The Morgan fingerprint density at radius 3 is 2.81 bits per heavy atom. The van der Waals surface area contributed by atoms with Crippen molar-refractivity contribution in [2.45, 2.75) is 11.0 Å². The predicted molar refractivity (Wildman–Crippen MR) is 92.4 cm³/mol. The summed E-state index contributed by atoms with van der Waals surface area (Å²) < 4.78 is 6.52. The van der Waals surface area contributed by atoms with Crippen LogP contribution in [0.1, 0.15) is 0 Å². The SMILES string of the molecule is CSc1cccc(NCC(O)COc2cccc(Br)c2)c1. The van der Waals surface area contributed by atoms with E-state index in [1.807, 2.05) is 42.7 Å². The highest BCUT2D eigenvalue weighted by atomic mass is 79.9. The molecule has 0 spiro atoms. The largest absolute Gasteiger partial charge is 0.491 e. The summed E-state index contributed by atoms with van der Waals surface area (Å²) >= 11 is 5.08. The zero-order valence-corrected chi connectivity index (χ0v) is 14.2. The maximum Gasteiger partial charge on any atom is 0.120 e. The number of hydrogen-bond donors (Lipinski definition) is 2. The molecule has 0 amide bonds. The van der Waals surface area contributed by atoms with E-state index in [2.05, 4.69) is 33.4 Å². The lowest BCUT2D eigenvalue weighted by molar-refractivity contribution is 0.117. The summed E-state index contributed by atoms with van der Waals surface area (Å²) in [5, 5.41) is 13.2. The summed E-state index contributed by atoms with van der Waals surface area (Å²) in [5.41, 5.74) is 1.00. The van der Waals surface area contributed by atoms with E-state index in [0.717, 1.165) is 15.9 Å². The molecule has 1 atom stereocenters. The molecule has 0 aliphatic rings. The van der Waals surface area contributed by atoms with Gasteiger partial charge in [0.2, 0.25) is 0 Å². The fourth-order valence-electron chi connectivity index (χ4n) is 1.78. The first-order valence-corrected chi connectivity index (χ1v) is 8.63. The van der Waals surface area contributed by atoms with Crippen LogP contribution in [0.15, 0.2) is 57.9 Å². The van der Waals surface area contributed by atoms with Gasteiger partial charge in [-0.15, -0.1) is 11.8 Å². The summed E-state index contributed by atoms with van der Waals surface area (Å²) in [4.78, 5) is 1.19. The molecule has 2 aromatic rings. The number of aliphatic hydroxyl groups is 1. The number of aliphatic hydroxyl groups excluding tert-OH is 1. The van der Waals surface area contributed by atoms with Gasteiger partial charge in [-0.2, -0.15) is 0 Å². The Kier molecular flexibility index (Phi) is 6.42. The molecule has 2 rings (SSSR count). The Bertz CT molecular complexity index is 580. The molecule has 112 valence electrons. The van der Waals surface area contributed by atoms with Crippen LogP contribution < -0.4 is 10.1 Å². The maximum absolute atomic E-state index is 9.96. The topological polar surface area (TPSA) is 41.5 Å². The minimum Gasteiger partial charge on any atom is -0.491 e. The highest BCUT2D eigenvalue weighted by molar-refractivity contribution is 9.10. The van der Waals surface area contributed by atoms with Crippen molar-refractivity contribution >= 4 is 33.4 Å². The lowest BCUT2D eigenvalue weighted by Crippen LogP contribution is -2.26. The summed E-state index contributed by atoms with van der Waals surface area (Å²) in [6.07, 6.45) is 1.47. The van der Waals surface area contributed by atoms with E-state index in [0.29, 0.717) is 6.54 Å². The van der Waals surface area contributed by atoms with Crippen molar-refractivity contribution in [1.82, 2.24) is 0 Å². The second kappa shape index (κ2) is 8.32. The molecule has 0 heterocycles. The average molecular weight is 368 g/mol. The molecule has 1 unspecified atom stereocenters. The van der Waals surface area contributed by atoms with E-state index in [9.17, 15) is 5.11 Å². The van der Waals surface area contributed by atoms with Crippen LogP contribution >= 0.6 is 27.7 Å². The Hall–Kier alpha value is -1.17. The zero-order valence-electron chi connectivity index (χ0n) is 11.8. The summed E-state index contributed by atoms with van der Waals surface area (Å²) in [7, 11) is 0. The minimum atomic E-state index is -0.568. The molecule has 0 aliphatic carbocycles. The van der Waals surface area contributed by atoms with Gasteiger partial charge in [0.15, 0.2) is 0 Å². The van der Waals surface area contributed by atoms with Gasteiger partial charge < -0.3 is 15.2 Å². The highest BCUT2D eigenvalue weighted by Gasteiger charge is 2.06. The molecular formula is C16H18BrNO2S. The van der Waals surface area contributed by atoms with Gasteiger partial charge in [-0.3, -0.25) is 0 Å². The number of nitrogens with one attached hydrogen (secondary N) is 1. The summed E-state index contributed by atoms with van der Waals surface area (Å²) in [6, 6.07) is 15.7. The average Bonchev–Trinajstić information content (AvgIpc) is 2.51. The van der Waals surface area contributed by atoms with Gasteiger partial charge in [0.05, 0.1) is 0 Å². The Morgan fingerprint density at radius 2 is 2.05 bits per heavy atom. The number of thioether (sulfide) groups is 1. The second-order valence-corrected chi connectivity index (χ2v) is 6.33. The van der Waals surface area contributed by atoms with E-state index in [1.165, 1.54) is 4.90 Å². The molecule has 0 saturated heterocycles. The van der Waals surface area contributed by atoms with Crippen molar-refractivity contribution in [3.05, 3.63) is 53.0 Å². The van der Waals surface area contributed by atoms with Crippen molar-refractivity contribution in [3.8, 4) is 5.75 Å². The van der Waals surface area contributed by atoms with Gasteiger partial charge in [0, 0.05) is 21.6 Å². The van der Waals surface area contributed by atoms with E-state index in [-0.39, 0.29) is 6.61 Å². The summed E-state index contributed by atoms with van der Waals surface area (Å²) in [5.74, 6) is 0.743. The van der Waals surface area contributed by atoms with Crippen LogP contribution in [0.5, 0.6) is 5.75 Å². The molecule has 0 radical (unpaired) electrons. The van der Waals surface area contributed by atoms with Crippen molar-refractivity contribution in [3.63, 3.8) is 0 Å². The van der Waals surface area contributed by atoms with Gasteiger partial charge in [-0.1, -0.05) is 28.1 Å². The lowest BCUT2D eigenvalue weighted by atomic mass is 10.3. The van der Waals surface area contributed by atoms with Crippen LogP contribution in [-0.2, 0) is 0 Å². The third-order valence-corrected chi connectivity index (χ3v) is 4.07.